The van der Waals surface area contributed by atoms with Crippen molar-refractivity contribution in [3.63, 3.8) is 0 Å². The molecular weight excluding hydrogens is 334 g/mol. The predicted molar refractivity (Wildman–Crippen MR) is 73.3 cm³/mol. The highest BCUT2D eigenvalue weighted by Crippen LogP contribution is 2.32. The van der Waals surface area contributed by atoms with Crippen molar-refractivity contribution >= 4 is 43.5 Å². The number of halogens is 2. The molecule has 2 rings (SSSR count). The van der Waals surface area contributed by atoms with E-state index >= 15 is 0 Å². The second kappa shape index (κ2) is 4.49. The summed E-state index contributed by atoms with van der Waals surface area (Å²) in [6.07, 6.45) is 0.592. The molecule has 2 nitrogen and oxygen atoms in total. The van der Waals surface area contributed by atoms with Crippen LogP contribution >= 0.6 is 31.9 Å². The Hall–Kier alpha value is -0.350. The highest BCUT2D eigenvalue weighted by Gasteiger charge is 2.29. The van der Waals surface area contributed by atoms with Crippen molar-refractivity contribution in [2.45, 2.75) is 25.1 Å². The van der Waals surface area contributed by atoms with Crippen LogP contribution < -0.4 is 4.90 Å². The van der Waals surface area contributed by atoms with Gasteiger partial charge in [-0.05, 0) is 37.1 Å². The van der Waals surface area contributed by atoms with Crippen LogP contribution in [0.3, 0.4) is 0 Å². The molecule has 0 N–H and O–H groups in total. The van der Waals surface area contributed by atoms with E-state index in [0.717, 1.165) is 16.7 Å². The Morgan fingerprint density at radius 2 is 2.00 bits per heavy atom. The van der Waals surface area contributed by atoms with Gasteiger partial charge in [-0.1, -0.05) is 31.9 Å². The van der Waals surface area contributed by atoms with Crippen molar-refractivity contribution in [2.75, 3.05) is 11.4 Å². The zero-order valence-electron chi connectivity index (χ0n) is 9.26. The number of benzene rings is 1. The normalized spacial score (nSPS) is 20.6. The molecule has 1 saturated heterocycles. The lowest BCUT2D eigenvalue weighted by Crippen LogP contribution is -2.25. The Bertz CT molecular complexity index is 445. The topological polar surface area (TPSA) is 20.3 Å². The van der Waals surface area contributed by atoms with Gasteiger partial charge in [0.05, 0.1) is 0 Å². The van der Waals surface area contributed by atoms with E-state index < -0.39 is 0 Å². The third kappa shape index (κ3) is 2.05. The highest BCUT2D eigenvalue weighted by molar-refractivity contribution is 9.10. The van der Waals surface area contributed by atoms with Gasteiger partial charge >= 0.3 is 0 Å². The second-order valence-electron chi connectivity index (χ2n) is 4.12. The summed E-state index contributed by atoms with van der Waals surface area (Å²) in [6.45, 7) is 4.89. The van der Waals surface area contributed by atoms with Gasteiger partial charge in [-0.3, -0.25) is 4.79 Å². The van der Waals surface area contributed by atoms with Crippen LogP contribution in [0.15, 0.2) is 16.6 Å². The van der Waals surface area contributed by atoms with Crippen LogP contribution in [0.25, 0.3) is 0 Å². The average Bonchev–Trinajstić information content (AvgIpc) is 2.55. The van der Waals surface area contributed by atoms with E-state index in [1.54, 1.807) is 0 Å². The van der Waals surface area contributed by atoms with E-state index in [4.69, 9.17) is 0 Å². The molecule has 1 aromatic carbocycles. The summed E-state index contributed by atoms with van der Waals surface area (Å²) in [7, 11) is 0. The molecule has 1 aliphatic heterocycles. The van der Waals surface area contributed by atoms with Crippen molar-refractivity contribution in [3.05, 3.63) is 27.7 Å². The summed E-state index contributed by atoms with van der Waals surface area (Å²) in [6, 6.07) is 4.02. The number of anilines is 1. The van der Waals surface area contributed by atoms with Gasteiger partial charge in [0, 0.05) is 28.0 Å². The van der Waals surface area contributed by atoms with Crippen LogP contribution in [0.1, 0.15) is 17.5 Å². The van der Waals surface area contributed by atoms with Crippen LogP contribution in [0.2, 0.25) is 0 Å². The van der Waals surface area contributed by atoms with Gasteiger partial charge in [-0.15, -0.1) is 0 Å². The van der Waals surface area contributed by atoms with Crippen LogP contribution in [-0.2, 0) is 4.79 Å². The monoisotopic (exact) mass is 345 g/mol. The number of alkyl halides is 1. The van der Waals surface area contributed by atoms with Gasteiger partial charge in [0.15, 0.2) is 0 Å². The van der Waals surface area contributed by atoms with Gasteiger partial charge in [-0.25, -0.2) is 0 Å². The first-order chi connectivity index (χ1) is 7.50. The largest absolute Gasteiger partial charge is 0.311 e. The fraction of sp³-hybridized carbons (Fsp3) is 0.417. The number of nitrogens with zero attached hydrogens (tertiary/aromatic N) is 1. The van der Waals surface area contributed by atoms with E-state index in [1.807, 2.05) is 17.0 Å². The molecule has 0 aromatic heterocycles. The molecule has 4 heteroatoms. The van der Waals surface area contributed by atoms with E-state index in [-0.39, 0.29) is 10.7 Å². The fourth-order valence-corrected chi connectivity index (χ4v) is 2.96. The van der Waals surface area contributed by atoms with Crippen LogP contribution in [0, 0.1) is 13.8 Å². The van der Waals surface area contributed by atoms with E-state index in [1.165, 1.54) is 11.1 Å². The minimum atomic E-state index is 0.201. The Labute approximate surface area is 112 Å². The van der Waals surface area contributed by atoms with Crippen molar-refractivity contribution in [3.8, 4) is 0 Å². The molecule has 1 atom stereocenters. The Morgan fingerprint density at radius 3 is 2.56 bits per heavy atom. The quantitative estimate of drug-likeness (QED) is 0.712. The van der Waals surface area contributed by atoms with Crippen LogP contribution in [0.4, 0.5) is 5.69 Å². The smallest absolute Gasteiger partial charge is 0.228 e. The lowest BCUT2D eigenvalue weighted by molar-refractivity contribution is -0.117. The maximum Gasteiger partial charge on any atom is 0.228 e. The summed E-state index contributed by atoms with van der Waals surface area (Å²) in [5.41, 5.74) is 3.40. The van der Waals surface area contributed by atoms with Gasteiger partial charge in [0.25, 0.3) is 0 Å². The molecule has 1 unspecified atom stereocenters. The summed E-state index contributed by atoms with van der Waals surface area (Å²) >= 11 is 7.01. The first-order valence-corrected chi connectivity index (χ1v) is 6.91. The third-order valence-corrected chi connectivity index (χ3v) is 4.53. The standard InChI is InChI=1S/C12H13Br2NO/c1-7-8(2)11(4-3-10(7)14)15-6-9(13)5-12(15)16/h3-4,9H,5-6H2,1-2H3. The number of hydrogen-bond acceptors (Lipinski definition) is 1. The predicted octanol–water partition coefficient (Wildman–Crippen LogP) is 3.57. The molecule has 1 amide bonds. The molecule has 1 fully saturated rings. The second-order valence-corrected chi connectivity index (χ2v) is 6.27. The highest BCUT2D eigenvalue weighted by atomic mass is 79.9. The molecule has 0 aliphatic carbocycles. The Morgan fingerprint density at radius 1 is 1.31 bits per heavy atom. The van der Waals surface area contributed by atoms with Gasteiger partial charge in [0.2, 0.25) is 5.91 Å². The first-order valence-electron chi connectivity index (χ1n) is 5.21. The molecule has 0 spiro atoms. The summed E-state index contributed by atoms with van der Waals surface area (Å²) in [5, 5.41) is 0. The Balaban J connectivity index is 2.42. The summed E-state index contributed by atoms with van der Waals surface area (Å²) < 4.78 is 1.09. The molecule has 0 bridgehead atoms. The maximum absolute atomic E-state index is 11.8. The van der Waals surface area contributed by atoms with Crippen molar-refractivity contribution in [1.29, 1.82) is 0 Å². The zero-order chi connectivity index (χ0) is 11.9. The van der Waals surface area contributed by atoms with Crippen LogP contribution in [0.5, 0.6) is 0 Å². The molecule has 1 aliphatic rings. The molecule has 1 heterocycles. The first kappa shape index (κ1) is 12.1. The number of amides is 1. The molecule has 1 aromatic rings. The summed E-state index contributed by atoms with van der Waals surface area (Å²) in [5.74, 6) is 0.201. The number of carbonyl (C=O) groups is 1. The SMILES string of the molecule is Cc1c(Br)ccc(N2CC(Br)CC2=O)c1C. The van der Waals surface area contributed by atoms with Crippen molar-refractivity contribution < 1.29 is 4.79 Å². The minimum absolute atomic E-state index is 0.201. The lowest BCUT2D eigenvalue weighted by atomic mass is 10.1. The van der Waals surface area contributed by atoms with Gasteiger partial charge in [0.1, 0.15) is 0 Å². The lowest BCUT2D eigenvalue weighted by Gasteiger charge is -2.20. The van der Waals surface area contributed by atoms with E-state index in [2.05, 4.69) is 45.7 Å². The molecule has 16 heavy (non-hydrogen) atoms. The van der Waals surface area contributed by atoms with Crippen LogP contribution in [-0.4, -0.2) is 17.3 Å². The number of carbonyl (C=O) groups excluding carboxylic acids is 1. The molecular formula is C12H13Br2NO. The maximum atomic E-state index is 11.8. The molecule has 86 valence electrons. The minimum Gasteiger partial charge on any atom is -0.311 e. The third-order valence-electron chi connectivity index (χ3n) is 3.06. The average molecular weight is 347 g/mol. The Kier molecular flexibility index (Phi) is 3.40. The zero-order valence-corrected chi connectivity index (χ0v) is 12.4. The molecule has 0 saturated carbocycles. The molecule has 0 radical (unpaired) electrons. The van der Waals surface area contributed by atoms with E-state index in [9.17, 15) is 4.79 Å². The van der Waals surface area contributed by atoms with E-state index in [0.29, 0.717) is 6.42 Å². The van der Waals surface area contributed by atoms with Crippen molar-refractivity contribution in [1.82, 2.24) is 0 Å². The van der Waals surface area contributed by atoms with Gasteiger partial charge < -0.3 is 4.90 Å². The van der Waals surface area contributed by atoms with Crippen molar-refractivity contribution in [2.24, 2.45) is 0 Å². The van der Waals surface area contributed by atoms with Gasteiger partial charge in [-0.2, -0.15) is 0 Å². The fourth-order valence-electron chi connectivity index (χ4n) is 1.96. The number of rotatable bonds is 1. The number of hydrogen-bond donors (Lipinski definition) is 0. The summed E-state index contributed by atoms with van der Waals surface area (Å²) in [4.78, 5) is 14.0.